The van der Waals surface area contributed by atoms with E-state index in [2.05, 4.69) is 4.72 Å². The van der Waals surface area contributed by atoms with Gasteiger partial charge in [0.1, 0.15) is 22.2 Å². The normalized spacial score (nSPS) is 11.4. The van der Waals surface area contributed by atoms with E-state index in [9.17, 15) is 26.7 Å². The average Bonchev–Trinajstić information content (AvgIpc) is 2.82. The third-order valence-electron chi connectivity index (χ3n) is 5.26. The number of nitrogens with one attached hydrogen (secondary N) is 2. The first kappa shape index (κ1) is 30.6. The SMILES string of the molecule is CS(=O)(=O)c1ccccc1-c1ccc(CCNS(=O)(=O)c2cc(C(=N)N)ccc2O)c(OCC(=O)O)c1.Cl. The maximum atomic E-state index is 12.7. The minimum Gasteiger partial charge on any atom is -0.507 e. The fourth-order valence-corrected chi connectivity index (χ4v) is 5.59. The molecular weight excluding hydrogens is 558 g/mol. The van der Waals surface area contributed by atoms with Crippen molar-refractivity contribution in [1.29, 1.82) is 5.41 Å². The molecule has 3 rings (SSSR count). The highest BCUT2D eigenvalue weighted by atomic mass is 35.5. The van der Waals surface area contributed by atoms with Gasteiger partial charge in [0.15, 0.2) is 16.4 Å². The van der Waals surface area contributed by atoms with Gasteiger partial charge in [-0.3, -0.25) is 5.41 Å². The molecule has 11 nitrogen and oxygen atoms in total. The molecule has 0 amide bonds. The van der Waals surface area contributed by atoms with Crippen LogP contribution in [-0.4, -0.2) is 58.3 Å². The zero-order valence-corrected chi connectivity index (χ0v) is 22.5. The van der Waals surface area contributed by atoms with Gasteiger partial charge >= 0.3 is 5.97 Å². The highest BCUT2D eigenvalue weighted by Gasteiger charge is 2.20. The molecule has 0 radical (unpaired) electrons. The minimum atomic E-state index is -4.18. The van der Waals surface area contributed by atoms with Crippen molar-refractivity contribution in [3.05, 3.63) is 71.8 Å². The molecular formula is C24H26ClN3O8S2. The topological polar surface area (TPSA) is 197 Å². The third-order valence-corrected chi connectivity index (χ3v) is 7.91. The Kier molecular flexibility index (Phi) is 9.87. The molecule has 3 aromatic carbocycles. The lowest BCUT2D eigenvalue weighted by Crippen LogP contribution is -2.26. The second-order valence-electron chi connectivity index (χ2n) is 8.02. The van der Waals surface area contributed by atoms with Gasteiger partial charge < -0.3 is 20.7 Å². The number of hydrogen-bond acceptors (Lipinski definition) is 8. The van der Waals surface area contributed by atoms with E-state index in [1.54, 1.807) is 30.3 Å². The first-order valence-electron chi connectivity index (χ1n) is 10.7. The van der Waals surface area contributed by atoms with E-state index in [-0.39, 0.29) is 47.4 Å². The molecule has 0 saturated carbocycles. The van der Waals surface area contributed by atoms with Crippen LogP contribution in [0.4, 0.5) is 0 Å². The van der Waals surface area contributed by atoms with Crippen LogP contribution in [0.3, 0.4) is 0 Å². The first-order valence-corrected chi connectivity index (χ1v) is 14.1. The van der Waals surface area contributed by atoms with Gasteiger partial charge in [-0.05, 0) is 47.9 Å². The number of phenols is 1. The van der Waals surface area contributed by atoms with E-state index in [0.29, 0.717) is 16.7 Å². The summed E-state index contributed by atoms with van der Waals surface area (Å²) in [5, 5.41) is 26.5. The van der Waals surface area contributed by atoms with Crippen molar-refractivity contribution >= 4 is 44.1 Å². The molecule has 3 aromatic rings. The summed E-state index contributed by atoms with van der Waals surface area (Å²) in [7, 11) is -7.74. The Morgan fingerprint density at radius 3 is 2.34 bits per heavy atom. The smallest absolute Gasteiger partial charge is 0.341 e. The fraction of sp³-hybridized carbons (Fsp3) is 0.167. The fourth-order valence-electron chi connectivity index (χ4n) is 3.53. The van der Waals surface area contributed by atoms with Gasteiger partial charge in [-0.1, -0.05) is 30.3 Å². The highest BCUT2D eigenvalue weighted by molar-refractivity contribution is 7.91. The monoisotopic (exact) mass is 583 g/mol. The molecule has 0 aliphatic rings. The molecule has 0 bridgehead atoms. The Balaban J connectivity index is 0.00000507. The summed E-state index contributed by atoms with van der Waals surface area (Å²) in [6.45, 7) is -0.809. The number of rotatable bonds is 11. The predicted octanol–water partition coefficient (Wildman–Crippen LogP) is 2.15. The number of aliphatic carboxylic acids is 1. The summed E-state index contributed by atoms with van der Waals surface area (Å²) >= 11 is 0. The Morgan fingerprint density at radius 1 is 1.03 bits per heavy atom. The number of hydrogen-bond donors (Lipinski definition) is 5. The van der Waals surface area contributed by atoms with Crippen LogP contribution in [-0.2, 0) is 31.1 Å². The van der Waals surface area contributed by atoms with E-state index < -0.39 is 43.1 Å². The zero-order valence-electron chi connectivity index (χ0n) is 20.0. The Labute approximate surface area is 226 Å². The van der Waals surface area contributed by atoms with Crippen LogP contribution in [0.15, 0.2) is 70.5 Å². The van der Waals surface area contributed by atoms with Gasteiger partial charge in [-0.2, -0.15) is 0 Å². The van der Waals surface area contributed by atoms with Crippen molar-refractivity contribution < 1.29 is 36.6 Å². The van der Waals surface area contributed by atoms with Gasteiger partial charge in [0.25, 0.3) is 0 Å². The Morgan fingerprint density at radius 2 is 1.71 bits per heavy atom. The summed E-state index contributed by atoms with van der Waals surface area (Å²) < 4.78 is 57.7. The summed E-state index contributed by atoms with van der Waals surface area (Å²) in [5.41, 5.74) is 6.86. The first-order chi connectivity index (χ1) is 17.3. The molecule has 0 aliphatic carbocycles. The molecule has 0 saturated heterocycles. The number of phenolic OH excluding ortho intramolecular Hbond substituents is 1. The number of sulfonamides is 1. The van der Waals surface area contributed by atoms with E-state index in [4.69, 9.17) is 21.0 Å². The lowest BCUT2D eigenvalue weighted by atomic mass is 10.0. The predicted molar refractivity (Wildman–Crippen MR) is 143 cm³/mol. The summed E-state index contributed by atoms with van der Waals surface area (Å²) in [4.78, 5) is 10.7. The quantitative estimate of drug-likeness (QED) is 0.166. The standard InChI is InChI=1S/C24H25N3O8S2.ClH/c1-36(31,32)21-5-3-2-4-18(21)16-7-6-15(20(12-16)35-14-23(29)30)10-11-27-37(33,34)22-13-17(24(25)26)8-9-19(22)28;/h2-9,12-13,27-28H,10-11,14H2,1H3,(H3,25,26)(H,29,30);1H. The number of nitrogen functional groups attached to an aromatic ring is 1. The van der Waals surface area contributed by atoms with E-state index in [0.717, 1.165) is 18.4 Å². The number of ether oxygens (including phenoxy) is 1. The molecule has 0 unspecified atom stereocenters. The van der Waals surface area contributed by atoms with Crippen molar-refractivity contribution in [2.75, 3.05) is 19.4 Å². The van der Waals surface area contributed by atoms with Crippen molar-refractivity contribution in [3.63, 3.8) is 0 Å². The number of halogens is 1. The number of amidine groups is 1. The van der Waals surface area contributed by atoms with Crippen LogP contribution < -0.4 is 15.2 Å². The van der Waals surface area contributed by atoms with Gasteiger partial charge in [-0.15, -0.1) is 12.4 Å². The number of carboxylic acid groups (broad SMARTS) is 1. The number of carbonyl (C=O) groups is 1. The van der Waals surface area contributed by atoms with E-state index in [1.807, 2.05) is 0 Å². The highest BCUT2D eigenvalue weighted by Crippen LogP contribution is 2.32. The molecule has 0 spiro atoms. The second kappa shape index (κ2) is 12.3. The minimum absolute atomic E-state index is 0. The van der Waals surface area contributed by atoms with Crippen LogP contribution in [0.5, 0.6) is 11.5 Å². The lowest BCUT2D eigenvalue weighted by molar-refractivity contribution is -0.139. The number of sulfone groups is 1. The van der Waals surface area contributed by atoms with Crippen molar-refractivity contribution in [2.24, 2.45) is 5.73 Å². The van der Waals surface area contributed by atoms with Crippen molar-refractivity contribution in [1.82, 2.24) is 4.72 Å². The van der Waals surface area contributed by atoms with Crippen LogP contribution in [0.25, 0.3) is 11.1 Å². The largest absolute Gasteiger partial charge is 0.507 e. The van der Waals surface area contributed by atoms with Crippen molar-refractivity contribution in [2.45, 2.75) is 16.2 Å². The van der Waals surface area contributed by atoms with E-state index >= 15 is 0 Å². The molecule has 0 heterocycles. The van der Waals surface area contributed by atoms with Gasteiger partial charge in [-0.25, -0.2) is 26.4 Å². The maximum absolute atomic E-state index is 12.7. The molecule has 14 heteroatoms. The van der Waals surface area contributed by atoms with Crippen LogP contribution in [0.1, 0.15) is 11.1 Å². The molecule has 0 aromatic heterocycles. The average molecular weight is 584 g/mol. The van der Waals surface area contributed by atoms with E-state index in [1.165, 1.54) is 18.2 Å². The van der Waals surface area contributed by atoms with Crippen molar-refractivity contribution in [3.8, 4) is 22.6 Å². The van der Waals surface area contributed by atoms with Gasteiger partial charge in [0, 0.05) is 23.9 Å². The zero-order chi connectivity index (χ0) is 27.4. The molecule has 204 valence electrons. The number of aromatic hydroxyl groups is 1. The number of benzene rings is 3. The summed E-state index contributed by atoms with van der Waals surface area (Å²) in [6.07, 6.45) is 1.16. The Bertz CT molecular complexity index is 1580. The van der Waals surface area contributed by atoms with Crippen LogP contribution >= 0.6 is 12.4 Å². The van der Waals surface area contributed by atoms with Gasteiger partial charge in [0.2, 0.25) is 10.0 Å². The number of nitrogens with two attached hydrogens (primary N) is 1. The van der Waals surface area contributed by atoms with Crippen LogP contribution in [0, 0.1) is 5.41 Å². The third kappa shape index (κ3) is 7.44. The summed E-state index contributed by atoms with van der Waals surface area (Å²) in [5.74, 6) is -1.97. The Hall–Kier alpha value is -3.65. The van der Waals surface area contributed by atoms with Gasteiger partial charge in [0.05, 0.1) is 4.90 Å². The molecule has 0 atom stereocenters. The maximum Gasteiger partial charge on any atom is 0.341 e. The number of carboxylic acids is 1. The lowest BCUT2D eigenvalue weighted by Gasteiger charge is -2.15. The molecule has 6 N–H and O–H groups in total. The van der Waals surface area contributed by atoms with Crippen LogP contribution in [0.2, 0.25) is 0 Å². The molecule has 0 aliphatic heterocycles. The second-order valence-corrected chi connectivity index (χ2v) is 11.7. The molecule has 0 fully saturated rings. The summed E-state index contributed by atoms with van der Waals surface area (Å²) in [6, 6.07) is 14.6. The molecule has 38 heavy (non-hydrogen) atoms.